The van der Waals surface area contributed by atoms with Crippen LogP contribution in [0.3, 0.4) is 0 Å². The third kappa shape index (κ3) is 4.35. The highest BCUT2D eigenvalue weighted by Gasteiger charge is 2.10. The van der Waals surface area contributed by atoms with Crippen molar-refractivity contribution in [2.75, 3.05) is 13.6 Å². The van der Waals surface area contributed by atoms with E-state index in [1.54, 1.807) is 11.9 Å². The van der Waals surface area contributed by atoms with Gasteiger partial charge in [-0.05, 0) is 30.9 Å². The summed E-state index contributed by atoms with van der Waals surface area (Å²) in [5.74, 6) is -0.745. The van der Waals surface area contributed by atoms with Crippen LogP contribution in [-0.4, -0.2) is 40.5 Å². The highest BCUT2D eigenvalue weighted by molar-refractivity contribution is 5.83. The summed E-state index contributed by atoms with van der Waals surface area (Å²) < 4.78 is 0. The molecule has 2 rings (SSSR count). The van der Waals surface area contributed by atoms with Crippen molar-refractivity contribution >= 4 is 22.8 Å². The van der Waals surface area contributed by atoms with Gasteiger partial charge in [-0.3, -0.25) is 9.59 Å². The second-order valence-corrected chi connectivity index (χ2v) is 5.53. The van der Waals surface area contributed by atoms with Crippen molar-refractivity contribution in [1.82, 2.24) is 9.88 Å². The van der Waals surface area contributed by atoms with E-state index < -0.39 is 5.97 Å². The van der Waals surface area contributed by atoms with Crippen LogP contribution in [0.4, 0.5) is 0 Å². The third-order valence-corrected chi connectivity index (χ3v) is 3.82. The van der Waals surface area contributed by atoms with Crippen molar-refractivity contribution in [2.24, 2.45) is 0 Å². The third-order valence-electron chi connectivity index (χ3n) is 3.82. The van der Waals surface area contributed by atoms with Gasteiger partial charge in [0.05, 0.1) is 0 Å². The zero-order valence-corrected chi connectivity index (χ0v) is 12.8. The summed E-state index contributed by atoms with van der Waals surface area (Å²) in [6, 6.07) is 8.14. The molecule has 0 fully saturated rings. The zero-order valence-electron chi connectivity index (χ0n) is 12.8. The van der Waals surface area contributed by atoms with E-state index >= 15 is 0 Å². The Morgan fingerprint density at radius 1 is 1.18 bits per heavy atom. The second-order valence-electron chi connectivity index (χ2n) is 5.53. The molecule has 1 heterocycles. The predicted octanol–water partition coefficient (Wildman–Crippen LogP) is 2.81. The molecule has 0 saturated carbocycles. The van der Waals surface area contributed by atoms with Crippen LogP contribution < -0.4 is 0 Å². The number of aliphatic carboxylic acids is 1. The molecule has 0 unspecified atom stereocenters. The minimum Gasteiger partial charge on any atom is -0.481 e. The molecule has 0 aliphatic rings. The Bertz CT molecular complexity index is 648. The number of aromatic amines is 1. The summed E-state index contributed by atoms with van der Waals surface area (Å²) in [5, 5.41) is 9.80. The smallest absolute Gasteiger partial charge is 0.303 e. The Morgan fingerprint density at radius 2 is 1.95 bits per heavy atom. The molecule has 5 nitrogen and oxygen atoms in total. The first-order chi connectivity index (χ1) is 10.6. The average molecular weight is 302 g/mol. The Labute approximate surface area is 129 Å². The molecule has 5 heteroatoms. The molecule has 2 N–H and O–H groups in total. The first kappa shape index (κ1) is 16.1. The Morgan fingerprint density at radius 3 is 2.73 bits per heavy atom. The van der Waals surface area contributed by atoms with Gasteiger partial charge in [0.1, 0.15) is 0 Å². The maximum absolute atomic E-state index is 12.0. The maximum Gasteiger partial charge on any atom is 0.303 e. The number of nitrogens with one attached hydrogen (secondary N) is 1. The van der Waals surface area contributed by atoms with Crippen molar-refractivity contribution in [3.05, 3.63) is 36.0 Å². The molecule has 0 atom stereocenters. The van der Waals surface area contributed by atoms with E-state index in [-0.39, 0.29) is 12.3 Å². The molecule has 1 aromatic carbocycles. The van der Waals surface area contributed by atoms with Crippen molar-refractivity contribution in [3.8, 4) is 0 Å². The number of benzene rings is 1. The summed E-state index contributed by atoms with van der Waals surface area (Å²) >= 11 is 0. The van der Waals surface area contributed by atoms with Gasteiger partial charge in [-0.15, -0.1) is 0 Å². The van der Waals surface area contributed by atoms with Crippen molar-refractivity contribution in [2.45, 2.75) is 32.1 Å². The molecule has 1 aromatic heterocycles. The predicted molar refractivity (Wildman–Crippen MR) is 85.7 cm³/mol. The number of carboxylic acids is 1. The molecule has 0 aliphatic carbocycles. The highest BCUT2D eigenvalue weighted by atomic mass is 16.4. The molecule has 2 aromatic rings. The standard InChI is InChI=1S/C17H22N2O3/c1-19(11-5-10-17(21)22)16(20)9-4-6-13-12-18-15-8-3-2-7-14(13)15/h2-3,7-8,12,18H,4-6,9-11H2,1H3,(H,21,22). The van der Waals surface area contributed by atoms with E-state index in [1.807, 2.05) is 24.4 Å². The number of carbonyl (C=O) groups excluding carboxylic acids is 1. The van der Waals surface area contributed by atoms with Crippen LogP contribution in [0.5, 0.6) is 0 Å². The lowest BCUT2D eigenvalue weighted by Crippen LogP contribution is -2.27. The fraction of sp³-hybridized carbons (Fsp3) is 0.412. The number of carboxylic acid groups (broad SMARTS) is 1. The zero-order chi connectivity index (χ0) is 15.9. The summed E-state index contributed by atoms with van der Waals surface area (Å²) in [6.07, 6.45) is 4.75. The van der Waals surface area contributed by atoms with E-state index in [9.17, 15) is 9.59 Å². The molecular weight excluding hydrogens is 280 g/mol. The number of carbonyl (C=O) groups is 2. The summed E-state index contributed by atoms with van der Waals surface area (Å²) in [7, 11) is 1.73. The highest BCUT2D eigenvalue weighted by Crippen LogP contribution is 2.19. The first-order valence-corrected chi connectivity index (χ1v) is 7.58. The van der Waals surface area contributed by atoms with Gasteiger partial charge in [0.2, 0.25) is 5.91 Å². The van der Waals surface area contributed by atoms with Crippen LogP contribution in [0.2, 0.25) is 0 Å². The van der Waals surface area contributed by atoms with E-state index in [4.69, 9.17) is 5.11 Å². The van der Waals surface area contributed by atoms with Gasteiger partial charge in [-0.2, -0.15) is 0 Å². The van der Waals surface area contributed by atoms with Crippen LogP contribution in [0.1, 0.15) is 31.2 Å². The van der Waals surface area contributed by atoms with Crippen LogP contribution >= 0.6 is 0 Å². The number of hydrogen-bond donors (Lipinski definition) is 2. The van der Waals surface area contributed by atoms with Gasteiger partial charge >= 0.3 is 5.97 Å². The number of nitrogens with zero attached hydrogens (tertiary/aromatic N) is 1. The van der Waals surface area contributed by atoms with E-state index in [1.165, 1.54) is 10.9 Å². The summed E-state index contributed by atoms with van der Waals surface area (Å²) in [4.78, 5) is 27.3. The van der Waals surface area contributed by atoms with Gasteiger partial charge in [-0.25, -0.2) is 0 Å². The van der Waals surface area contributed by atoms with Gasteiger partial charge in [-0.1, -0.05) is 18.2 Å². The molecule has 0 spiro atoms. The monoisotopic (exact) mass is 302 g/mol. The van der Waals surface area contributed by atoms with Gasteiger partial charge in [0.25, 0.3) is 0 Å². The van der Waals surface area contributed by atoms with Gasteiger partial charge in [0, 0.05) is 43.5 Å². The number of aryl methyl sites for hydroxylation is 1. The minimum atomic E-state index is -0.819. The maximum atomic E-state index is 12.0. The number of rotatable bonds is 8. The number of para-hydroxylation sites is 1. The Balaban J connectivity index is 1.76. The van der Waals surface area contributed by atoms with E-state index in [0.29, 0.717) is 19.4 Å². The largest absolute Gasteiger partial charge is 0.481 e. The number of fused-ring (bicyclic) bond motifs is 1. The second kappa shape index (κ2) is 7.64. The van der Waals surface area contributed by atoms with Crippen molar-refractivity contribution < 1.29 is 14.7 Å². The van der Waals surface area contributed by atoms with Crippen LogP contribution in [0, 0.1) is 0 Å². The summed E-state index contributed by atoms with van der Waals surface area (Å²) in [5.41, 5.74) is 2.35. The quantitative estimate of drug-likeness (QED) is 0.787. The SMILES string of the molecule is CN(CCCC(=O)O)C(=O)CCCc1c[nH]c2ccccc12. The van der Waals surface area contributed by atoms with E-state index in [0.717, 1.165) is 18.4 Å². The molecule has 0 aliphatic heterocycles. The number of hydrogen-bond acceptors (Lipinski definition) is 2. The summed E-state index contributed by atoms with van der Waals surface area (Å²) in [6.45, 7) is 0.498. The van der Waals surface area contributed by atoms with Crippen molar-refractivity contribution in [3.63, 3.8) is 0 Å². The van der Waals surface area contributed by atoms with E-state index in [2.05, 4.69) is 11.1 Å². The van der Waals surface area contributed by atoms with Crippen molar-refractivity contribution in [1.29, 1.82) is 0 Å². The van der Waals surface area contributed by atoms with Gasteiger partial charge < -0.3 is 15.0 Å². The molecule has 0 saturated heterocycles. The molecular formula is C17H22N2O3. The minimum absolute atomic E-state index is 0.0743. The lowest BCUT2D eigenvalue weighted by Gasteiger charge is -2.16. The van der Waals surface area contributed by atoms with Crippen LogP contribution in [0.25, 0.3) is 10.9 Å². The van der Waals surface area contributed by atoms with Crippen LogP contribution in [0.15, 0.2) is 30.5 Å². The number of amides is 1. The number of aromatic nitrogens is 1. The molecule has 1 amide bonds. The lowest BCUT2D eigenvalue weighted by molar-refractivity contribution is -0.138. The fourth-order valence-corrected chi connectivity index (χ4v) is 2.55. The number of H-pyrrole nitrogens is 1. The lowest BCUT2D eigenvalue weighted by atomic mass is 10.1. The Hall–Kier alpha value is -2.30. The fourth-order valence-electron chi connectivity index (χ4n) is 2.55. The average Bonchev–Trinajstić information content (AvgIpc) is 2.90. The molecule has 0 bridgehead atoms. The Kier molecular flexibility index (Phi) is 5.58. The topological polar surface area (TPSA) is 73.4 Å². The normalized spacial score (nSPS) is 10.8. The molecule has 0 radical (unpaired) electrons. The van der Waals surface area contributed by atoms with Crippen LogP contribution in [-0.2, 0) is 16.0 Å². The molecule has 118 valence electrons. The van der Waals surface area contributed by atoms with Gasteiger partial charge in [0.15, 0.2) is 0 Å². The first-order valence-electron chi connectivity index (χ1n) is 7.58. The molecule has 22 heavy (non-hydrogen) atoms.